The Labute approximate surface area is 170 Å². The number of oxazole rings is 1. The minimum absolute atomic E-state index is 0.0496. The van der Waals surface area contributed by atoms with Gasteiger partial charge in [0.15, 0.2) is 11.5 Å². The number of benzene rings is 1. The van der Waals surface area contributed by atoms with Gasteiger partial charge in [-0.3, -0.25) is 0 Å². The number of rotatable bonds is 6. The number of aromatic nitrogens is 1. The molecule has 3 rings (SSSR count). The number of nitriles is 1. The minimum atomic E-state index is 0.0496. The molecule has 2 aromatic rings. The fraction of sp³-hybridized carbons (Fsp3) is 0.429. The van der Waals surface area contributed by atoms with Crippen LogP contribution in [-0.4, -0.2) is 51.6 Å². The fourth-order valence-electron chi connectivity index (χ4n) is 3.40. The van der Waals surface area contributed by atoms with Crippen LogP contribution in [0.5, 0.6) is 17.2 Å². The zero-order valence-corrected chi connectivity index (χ0v) is 17.3. The molecule has 1 aromatic heterocycles. The second-order valence-electron chi connectivity index (χ2n) is 6.77. The van der Waals surface area contributed by atoms with Crippen molar-refractivity contribution in [3.05, 3.63) is 29.3 Å². The number of anilines is 1. The molecule has 1 aliphatic rings. The van der Waals surface area contributed by atoms with Gasteiger partial charge < -0.3 is 28.3 Å². The van der Waals surface area contributed by atoms with E-state index in [1.165, 1.54) is 0 Å². The first-order valence-electron chi connectivity index (χ1n) is 9.28. The molecule has 8 nitrogen and oxygen atoms in total. The van der Waals surface area contributed by atoms with Crippen LogP contribution in [0.4, 0.5) is 5.88 Å². The Kier molecular flexibility index (Phi) is 6.29. The molecule has 0 amide bonds. The maximum atomic E-state index is 9.47. The molecule has 0 aliphatic carbocycles. The summed E-state index contributed by atoms with van der Waals surface area (Å²) < 4.78 is 27.7. The first kappa shape index (κ1) is 20.6. The van der Waals surface area contributed by atoms with Crippen molar-refractivity contribution in [3.8, 4) is 23.3 Å². The quantitative estimate of drug-likeness (QED) is 0.730. The van der Waals surface area contributed by atoms with E-state index < -0.39 is 0 Å². The predicted octanol–water partition coefficient (Wildman–Crippen LogP) is 3.36. The third-order valence-corrected chi connectivity index (χ3v) is 4.54. The lowest BCUT2D eigenvalue weighted by atomic mass is 10.1. The first-order chi connectivity index (χ1) is 14.0. The van der Waals surface area contributed by atoms with Crippen LogP contribution in [0.1, 0.15) is 31.0 Å². The largest absolute Gasteiger partial charge is 0.493 e. The van der Waals surface area contributed by atoms with Crippen LogP contribution in [0.25, 0.3) is 12.2 Å². The number of nitrogens with zero attached hydrogens (tertiary/aromatic N) is 3. The second-order valence-corrected chi connectivity index (χ2v) is 6.77. The molecular formula is C21H25N3O5. The highest BCUT2D eigenvalue weighted by molar-refractivity contribution is 5.71. The summed E-state index contributed by atoms with van der Waals surface area (Å²) in [4.78, 5) is 6.30. The third kappa shape index (κ3) is 4.46. The monoisotopic (exact) mass is 399 g/mol. The molecule has 2 atom stereocenters. The van der Waals surface area contributed by atoms with E-state index in [2.05, 4.69) is 11.1 Å². The van der Waals surface area contributed by atoms with Gasteiger partial charge >= 0.3 is 0 Å². The molecule has 154 valence electrons. The van der Waals surface area contributed by atoms with Gasteiger partial charge in [0.05, 0.1) is 33.5 Å². The molecule has 1 saturated heterocycles. The summed E-state index contributed by atoms with van der Waals surface area (Å²) in [6.45, 7) is 5.28. The molecule has 0 radical (unpaired) electrons. The molecule has 29 heavy (non-hydrogen) atoms. The minimum Gasteiger partial charge on any atom is -0.493 e. The highest BCUT2D eigenvalue weighted by Gasteiger charge is 2.27. The second kappa shape index (κ2) is 8.88. The van der Waals surface area contributed by atoms with E-state index >= 15 is 0 Å². The zero-order valence-electron chi connectivity index (χ0n) is 17.3. The lowest BCUT2D eigenvalue weighted by molar-refractivity contribution is -0.00642. The Morgan fingerprint density at radius 1 is 1.07 bits per heavy atom. The SMILES string of the molecule is COc1cc(C=Cc2nc(C#N)c(N3CC(C)OC(C)C3)o2)cc(OC)c1OC. The highest BCUT2D eigenvalue weighted by Crippen LogP contribution is 2.38. The molecule has 1 fully saturated rings. The molecule has 2 heterocycles. The molecule has 0 N–H and O–H groups in total. The van der Waals surface area contributed by atoms with Crippen molar-refractivity contribution in [2.24, 2.45) is 0 Å². The summed E-state index contributed by atoms with van der Waals surface area (Å²) in [7, 11) is 4.68. The van der Waals surface area contributed by atoms with E-state index in [1.54, 1.807) is 27.4 Å². The summed E-state index contributed by atoms with van der Waals surface area (Å²) in [5, 5.41) is 9.47. The average molecular weight is 399 g/mol. The van der Waals surface area contributed by atoms with Gasteiger partial charge in [0.1, 0.15) is 6.07 Å². The number of ether oxygens (including phenoxy) is 4. The van der Waals surface area contributed by atoms with Crippen LogP contribution in [0.2, 0.25) is 0 Å². The van der Waals surface area contributed by atoms with E-state index in [1.807, 2.05) is 37.0 Å². The van der Waals surface area contributed by atoms with Crippen LogP contribution in [-0.2, 0) is 4.74 Å². The van der Waals surface area contributed by atoms with Crippen molar-refractivity contribution >= 4 is 18.0 Å². The Bertz CT molecular complexity index is 896. The van der Waals surface area contributed by atoms with Gasteiger partial charge in [0, 0.05) is 19.2 Å². The van der Waals surface area contributed by atoms with Crippen LogP contribution in [0, 0.1) is 11.3 Å². The van der Waals surface area contributed by atoms with Gasteiger partial charge in [-0.1, -0.05) is 0 Å². The highest BCUT2D eigenvalue weighted by atomic mass is 16.5. The van der Waals surface area contributed by atoms with Gasteiger partial charge in [-0.05, 0) is 37.6 Å². The normalized spacial score (nSPS) is 19.2. The Hall–Kier alpha value is -3.18. The van der Waals surface area contributed by atoms with E-state index in [0.29, 0.717) is 42.1 Å². The zero-order chi connectivity index (χ0) is 21.0. The standard InChI is InChI=1S/C21H25N3O5/c1-13-11-24(12-14(2)28-13)21-16(10-22)23-19(29-21)7-6-15-8-17(25-3)20(27-5)18(9-15)26-4/h6-9,13-14H,11-12H2,1-5H3. The third-order valence-electron chi connectivity index (χ3n) is 4.54. The van der Waals surface area contributed by atoms with Gasteiger partial charge in [0.25, 0.3) is 0 Å². The van der Waals surface area contributed by atoms with E-state index in [4.69, 9.17) is 23.4 Å². The van der Waals surface area contributed by atoms with Gasteiger partial charge in [-0.15, -0.1) is 0 Å². The molecule has 0 spiro atoms. The molecular weight excluding hydrogens is 374 g/mol. The Balaban J connectivity index is 1.88. The summed E-state index contributed by atoms with van der Waals surface area (Å²) >= 11 is 0. The molecule has 0 bridgehead atoms. The maximum Gasteiger partial charge on any atom is 0.235 e. The van der Waals surface area contributed by atoms with Crippen LogP contribution in [0.3, 0.4) is 0 Å². The number of morpholine rings is 1. The summed E-state index contributed by atoms with van der Waals surface area (Å²) in [6.07, 6.45) is 3.62. The first-order valence-corrected chi connectivity index (χ1v) is 9.28. The van der Waals surface area contributed by atoms with Crippen molar-refractivity contribution < 1.29 is 23.4 Å². The van der Waals surface area contributed by atoms with Crippen LogP contribution < -0.4 is 19.1 Å². The molecule has 1 aromatic carbocycles. The van der Waals surface area contributed by atoms with Gasteiger partial charge in [-0.25, -0.2) is 0 Å². The van der Waals surface area contributed by atoms with Gasteiger partial charge in [0.2, 0.25) is 23.2 Å². The maximum absolute atomic E-state index is 9.47. The van der Waals surface area contributed by atoms with E-state index in [0.717, 1.165) is 5.56 Å². The van der Waals surface area contributed by atoms with Crippen molar-refractivity contribution in [1.82, 2.24) is 4.98 Å². The van der Waals surface area contributed by atoms with Crippen molar-refractivity contribution in [3.63, 3.8) is 0 Å². The summed E-state index contributed by atoms with van der Waals surface area (Å²) in [5.74, 6) is 2.44. The Morgan fingerprint density at radius 3 is 2.21 bits per heavy atom. The lowest BCUT2D eigenvalue weighted by Crippen LogP contribution is -2.45. The van der Waals surface area contributed by atoms with E-state index in [-0.39, 0.29) is 17.9 Å². The van der Waals surface area contributed by atoms with Gasteiger partial charge in [-0.2, -0.15) is 10.2 Å². The van der Waals surface area contributed by atoms with Crippen molar-refractivity contribution in [1.29, 1.82) is 5.26 Å². The van der Waals surface area contributed by atoms with Crippen molar-refractivity contribution in [2.45, 2.75) is 26.1 Å². The predicted molar refractivity (Wildman–Crippen MR) is 108 cm³/mol. The summed E-state index contributed by atoms with van der Waals surface area (Å²) in [5.41, 5.74) is 1.07. The van der Waals surface area contributed by atoms with Crippen LogP contribution in [0.15, 0.2) is 16.5 Å². The molecule has 1 aliphatic heterocycles. The number of hydrogen-bond donors (Lipinski definition) is 0. The topological polar surface area (TPSA) is 90.0 Å². The van der Waals surface area contributed by atoms with Crippen LogP contribution >= 0.6 is 0 Å². The van der Waals surface area contributed by atoms with Crippen molar-refractivity contribution in [2.75, 3.05) is 39.3 Å². The fourth-order valence-corrected chi connectivity index (χ4v) is 3.40. The number of hydrogen-bond acceptors (Lipinski definition) is 8. The average Bonchev–Trinajstić information content (AvgIpc) is 3.14. The summed E-state index contributed by atoms with van der Waals surface area (Å²) in [6, 6.07) is 5.75. The smallest absolute Gasteiger partial charge is 0.235 e. The van der Waals surface area contributed by atoms with E-state index in [9.17, 15) is 5.26 Å². The number of methoxy groups -OCH3 is 3. The Morgan fingerprint density at radius 2 is 1.69 bits per heavy atom. The molecule has 0 saturated carbocycles. The molecule has 2 unspecified atom stereocenters. The molecule has 8 heteroatoms. The lowest BCUT2D eigenvalue weighted by Gasteiger charge is -2.34.